The van der Waals surface area contributed by atoms with Gasteiger partial charge in [0.25, 0.3) is 17.7 Å². The van der Waals surface area contributed by atoms with Crippen LogP contribution in [0.15, 0.2) is 64.5 Å². The van der Waals surface area contributed by atoms with Crippen molar-refractivity contribution in [1.29, 1.82) is 0 Å². The zero-order valence-corrected chi connectivity index (χ0v) is 18.7. The average Bonchev–Trinajstić information content (AvgIpc) is 3.28. The lowest BCUT2D eigenvalue weighted by atomic mass is 10.1. The van der Waals surface area contributed by atoms with E-state index in [1.54, 1.807) is 54.6 Å². The number of amides is 3. The Kier molecular flexibility index (Phi) is 7.62. The van der Waals surface area contributed by atoms with Gasteiger partial charge in [-0.1, -0.05) is 33.6 Å². The van der Waals surface area contributed by atoms with Crippen LogP contribution in [0, 0.1) is 0 Å². The van der Waals surface area contributed by atoms with Crippen LogP contribution in [-0.2, 0) is 0 Å². The van der Waals surface area contributed by atoms with E-state index in [0.29, 0.717) is 39.8 Å². The second-order valence-electron chi connectivity index (χ2n) is 6.14. The highest BCUT2D eigenvalue weighted by Gasteiger charge is 2.12. The van der Waals surface area contributed by atoms with Crippen LogP contribution in [0.3, 0.4) is 0 Å². The Morgan fingerprint density at radius 1 is 0.900 bits per heavy atom. The molecule has 0 unspecified atom stereocenters. The first-order chi connectivity index (χ1) is 14.4. The summed E-state index contributed by atoms with van der Waals surface area (Å²) in [5.41, 5.74) is 1.33. The molecule has 0 aliphatic heterocycles. The maximum atomic E-state index is 12.4. The fraction of sp³-hybridized carbons (Fsp3) is 0.0952. The molecule has 154 valence electrons. The van der Waals surface area contributed by atoms with E-state index in [0.717, 1.165) is 4.47 Å². The van der Waals surface area contributed by atoms with Crippen LogP contribution < -0.4 is 16.0 Å². The SMILES string of the molecule is O=C(NCCNC(=O)c1cccs1)c1ccc(NC(=O)c2cc(Br)ccc2Cl)cc1. The van der Waals surface area contributed by atoms with Crippen LogP contribution in [0.25, 0.3) is 0 Å². The van der Waals surface area contributed by atoms with E-state index in [1.807, 2.05) is 5.38 Å². The van der Waals surface area contributed by atoms with Gasteiger partial charge >= 0.3 is 0 Å². The molecule has 0 saturated heterocycles. The van der Waals surface area contributed by atoms with Gasteiger partial charge in [0.1, 0.15) is 0 Å². The largest absolute Gasteiger partial charge is 0.350 e. The van der Waals surface area contributed by atoms with Crippen LogP contribution in [-0.4, -0.2) is 30.8 Å². The molecule has 0 atom stereocenters. The van der Waals surface area contributed by atoms with Gasteiger partial charge in [-0.2, -0.15) is 0 Å². The second kappa shape index (κ2) is 10.4. The molecule has 2 aromatic carbocycles. The van der Waals surface area contributed by atoms with Crippen molar-refractivity contribution in [3.63, 3.8) is 0 Å². The summed E-state index contributed by atoms with van der Waals surface area (Å²) in [6.07, 6.45) is 0. The van der Waals surface area contributed by atoms with Gasteiger partial charge in [0, 0.05) is 28.8 Å². The van der Waals surface area contributed by atoms with Crippen molar-refractivity contribution in [1.82, 2.24) is 10.6 Å². The molecule has 0 bridgehead atoms. The molecule has 3 N–H and O–H groups in total. The molecule has 3 amide bonds. The molecule has 0 spiro atoms. The third-order valence-electron chi connectivity index (χ3n) is 4.02. The van der Waals surface area contributed by atoms with E-state index in [1.165, 1.54) is 11.3 Å². The molecule has 6 nitrogen and oxygen atoms in total. The molecule has 1 aromatic heterocycles. The van der Waals surface area contributed by atoms with E-state index in [-0.39, 0.29) is 17.7 Å². The van der Waals surface area contributed by atoms with E-state index < -0.39 is 0 Å². The molecule has 0 saturated carbocycles. The van der Waals surface area contributed by atoms with E-state index >= 15 is 0 Å². The minimum Gasteiger partial charge on any atom is -0.350 e. The predicted octanol–water partition coefficient (Wildman–Crippen LogP) is 4.58. The molecule has 9 heteroatoms. The second-order valence-corrected chi connectivity index (χ2v) is 8.42. The van der Waals surface area contributed by atoms with Gasteiger partial charge in [0.2, 0.25) is 0 Å². The Hall–Kier alpha value is -2.68. The Bertz CT molecular complexity index is 1060. The summed E-state index contributed by atoms with van der Waals surface area (Å²) < 4.78 is 0.746. The molecule has 0 aliphatic carbocycles. The third kappa shape index (κ3) is 5.91. The van der Waals surface area contributed by atoms with Gasteiger partial charge in [0.15, 0.2) is 0 Å². The summed E-state index contributed by atoms with van der Waals surface area (Å²) in [6.45, 7) is 0.625. The molecular weight excluding hydrogens is 490 g/mol. The Balaban J connectivity index is 1.48. The van der Waals surface area contributed by atoms with Gasteiger partial charge < -0.3 is 16.0 Å². The van der Waals surface area contributed by atoms with Crippen molar-refractivity contribution in [3.8, 4) is 0 Å². The van der Waals surface area contributed by atoms with Crippen molar-refractivity contribution < 1.29 is 14.4 Å². The lowest BCUT2D eigenvalue weighted by Gasteiger charge is -2.09. The predicted molar refractivity (Wildman–Crippen MR) is 123 cm³/mol. The summed E-state index contributed by atoms with van der Waals surface area (Å²) in [4.78, 5) is 37.1. The first kappa shape index (κ1) is 22.0. The molecule has 3 aromatic rings. The van der Waals surface area contributed by atoms with E-state index in [4.69, 9.17) is 11.6 Å². The van der Waals surface area contributed by atoms with Crippen molar-refractivity contribution in [2.45, 2.75) is 0 Å². The van der Waals surface area contributed by atoms with Gasteiger partial charge in [-0.05, 0) is 53.9 Å². The van der Waals surface area contributed by atoms with Crippen LogP contribution >= 0.6 is 38.9 Å². The lowest BCUT2D eigenvalue weighted by Crippen LogP contribution is -2.34. The molecule has 3 rings (SSSR count). The van der Waals surface area contributed by atoms with Crippen molar-refractivity contribution >= 4 is 62.3 Å². The zero-order chi connectivity index (χ0) is 21.5. The maximum Gasteiger partial charge on any atom is 0.261 e. The maximum absolute atomic E-state index is 12.4. The van der Waals surface area contributed by atoms with Crippen molar-refractivity contribution in [3.05, 3.63) is 85.5 Å². The fourth-order valence-electron chi connectivity index (χ4n) is 2.52. The van der Waals surface area contributed by atoms with E-state index in [9.17, 15) is 14.4 Å². The number of halogens is 2. The van der Waals surface area contributed by atoms with E-state index in [2.05, 4.69) is 31.9 Å². The number of thiophene rings is 1. The standard InChI is InChI=1S/C21H17BrClN3O3S/c22-14-5-8-17(23)16(12-14)20(28)26-15-6-3-13(4-7-15)19(27)24-9-10-25-21(29)18-2-1-11-30-18/h1-8,11-12H,9-10H2,(H,24,27)(H,25,29)(H,26,28). The molecule has 30 heavy (non-hydrogen) atoms. The number of carbonyl (C=O) groups excluding carboxylic acids is 3. The molecule has 1 heterocycles. The number of hydrogen-bond donors (Lipinski definition) is 3. The van der Waals surface area contributed by atoms with Crippen LogP contribution in [0.4, 0.5) is 5.69 Å². The van der Waals surface area contributed by atoms with Crippen molar-refractivity contribution in [2.75, 3.05) is 18.4 Å². The van der Waals surface area contributed by atoms with Gasteiger partial charge in [-0.3, -0.25) is 14.4 Å². The van der Waals surface area contributed by atoms with Crippen LogP contribution in [0.2, 0.25) is 5.02 Å². The average molecular weight is 507 g/mol. The highest BCUT2D eigenvalue weighted by molar-refractivity contribution is 9.10. The molecule has 0 fully saturated rings. The number of anilines is 1. The summed E-state index contributed by atoms with van der Waals surface area (Å²) in [5, 5.41) is 10.4. The smallest absolute Gasteiger partial charge is 0.261 e. The fourth-order valence-corrected chi connectivity index (χ4v) is 3.73. The minimum atomic E-state index is -0.347. The lowest BCUT2D eigenvalue weighted by molar-refractivity contribution is 0.0929. The monoisotopic (exact) mass is 505 g/mol. The third-order valence-corrected chi connectivity index (χ3v) is 5.71. The summed E-state index contributed by atoms with van der Waals surface area (Å²) in [6, 6.07) is 15.1. The first-order valence-electron chi connectivity index (χ1n) is 8.90. The highest BCUT2D eigenvalue weighted by Crippen LogP contribution is 2.22. The van der Waals surface area contributed by atoms with Gasteiger partial charge in [-0.15, -0.1) is 11.3 Å². The van der Waals surface area contributed by atoms with Crippen LogP contribution in [0.1, 0.15) is 30.4 Å². The normalized spacial score (nSPS) is 10.3. The number of nitrogens with one attached hydrogen (secondary N) is 3. The van der Waals surface area contributed by atoms with Crippen LogP contribution in [0.5, 0.6) is 0 Å². The molecule has 0 aliphatic rings. The zero-order valence-electron chi connectivity index (χ0n) is 15.6. The summed E-state index contributed by atoms with van der Waals surface area (Å²) in [7, 11) is 0. The van der Waals surface area contributed by atoms with Crippen molar-refractivity contribution in [2.24, 2.45) is 0 Å². The molecular formula is C21H17BrClN3O3S. The number of carbonyl (C=O) groups is 3. The Morgan fingerprint density at radius 2 is 1.60 bits per heavy atom. The minimum absolute atomic E-state index is 0.162. The highest BCUT2D eigenvalue weighted by atomic mass is 79.9. The number of rotatable bonds is 7. The summed E-state index contributed by atoms with van der Waals surface area (Å²) in [5.74, 6) is -0.779. The number of hydrogen-bond acceptors (Lipinski definition) is 4. The Morgan fingerprint density at radius 3 is 2.27 bits per heavy atom. The topological polar surface area (TPSA) is 87.3 Å². The van der Waals surface area contributed by atoms with Gasteiger partial charge in [0.05, 0.1) is 15.5 Å². The molecule has 0 radical (unpaired) electrons. The Labute approximate surface area is 190 Å². The summed E-state index contributed by atoms with van der Waals surface area (Å²) >= 11 is 10.7. The first-order valence-corrected chi connectivity index (χ1v) is 11.0. The quantitative estimate of drug-likeness (QED) is 0.410. The van der Waals surface area contributed by atoms with Gasteiger partial charge in [-0.25, -0.2) is 0 Å². The number of benzene rings is 2.